The summed E-state index contributed by atoms with van der Waals surface area (Å²) in [5.74, 6) is 1.63. The lowest BCUT2D eigenvalue weighted by Crippen LogP contribution is -2.36. The van der Waals surface area contributed by atoms with Gasteiger partial charge in [-0.2, -0.15) is 0 Å². The van der Waals surface area contributed by atoms with E-state index in [1.807, 2.05) is 42.5 Å². The number of aliphatic imine (C=N–C) groups is 1. The molecule has 0 bridgehead atoms. The third-order valence-corrected chi connectivity index (χ3v) is 3.47. The fraction of sp³-hybridized carbons (Fsp3) is 0.316. The summed E-state index contributed by atoms with van der Waals surface area (Å²) in [7, 11) is 3.43. The van der Waals surface area contributed by atoms with Gasteiger partial charge in [0.05, 0.1) is 6.61 Å². The van der Waals surface area contributed by atoms with Crippen LogP contribution in [0.2, 0.25) is 0 Å². The van der Waals surface area contributed by atoms with Crippen molar-refractivity contribution in [3.8, 4) is 5.75 Å². The molecule has 136 valence electrons. The minimum absolute atomic E-state index is 0. The summed E-state index contributed by atoms with van der Waals surface area (Å²) < 4.78 is 10.5. The van der Waals surface area contributed by atoms with Crippen LogP contribution in [0.1, 0.15) is 11.1 Å². The molecule has 2 aromatic carbocycles. The van der Waals surface area contributed by atoms with Crippen molar-refractivity contribution < 1.29 is 9.47 Å². The first-order valence-corrected chi connectivity index (χ1v) is 8.01. The van der Waals surface area contributed by atoms with E-state index in [1.165, 1.54) is 5.56 Å². The van der Waals surface area contributed by atoms with Gasteiger partial charge in [-0.25, -0.2) is 0 Å². The molecule has 0 aliphatic carbocycles. The lowest BCUT2D eigenvalue weighted by molar-refractivity contribution is 0.146. The van der Waals surface area contributed by atoms with Gasteiger partial charge in [0.15, 0.2) is 5.96 Å². The molecule has 0 spiro atoms. The lowest BCUT2D eigenvalue weighted by Gasteiger charge is -2.12. The predicted octanol–water partition coefficient (Wildman–Crippen LogP) is 3.20. The predicted molar refractivity (Wildman–Crippen MR) is 113 cm³/mol. The Morgan fingerprint density at radius 3 is 2.04 bits per heavy atom. The molecule has 25 heavy (non-hydrogen) atoms. The molecule has 0 aliphatic rings. The Morgan fingerprint density at radius 1 is 0.880 bits per heavy atom. The molecule has 2 N–H and O–H groups in total. The maximum atomic E-state index is 5.55. The minimum Gasteiger partial charge on any atom is -0.491 e. The van der Waals surface area contributed by atoms with Gasteiger partial charge in [-0.1, -0.05) is 42.5 Å². The van der Waals surface area contributed by atoms with Crippen LogP contribution in [0.5, 0.6) is 5.75 Å². The number of nitrogens with one attached hydrogen (secondary N) is 2. The van der Waals surface area contributed by atoms with Gasteiger partial charge >= 0.3 is 0 Å². The average molecular weight is 455 g/mol. The molecule has 0 aromatic heterocycles. The van der Waals surface area contributed by atoms with Gasteiger partial charge in [-0.05, 0) is 23.3 Å². The fourth-order valence-corrected chi connectivity index (χ4v) is 2.13. The first-order chi connectivity index (χ1) is 11.8. The second-order valence-corrected chi connectivity index (χ2v) is 5.25. The molecule has 6 heteroatoms. The van der Waals surface area contributed by atoms with E-state index < -0.39 is 0 Å². The van der Waals surface area contributed by atoms with Crippen molar-refractivity contribution in [1.82, 2.24) is 10.6 Å². The van der Waals surface area contributed by atoms with Gasteiger partial charge in [0.2, 0.25) is 0 Å². The monoisotopic (exact) mass is 455 g/mol. The zero-order valence-corrected chi connectivity index (χ0v) is 17.0. The van der Waals surface area contributed by atoms with Gasteiger partial charge in [0, 0.05) is 27.2 Å². The van der Waals surface area contributed by atoms with Crippen LogP contribution in [0.15, 0.2) is 59.6 Å². The molecule has 0 unspecified atom stereocenters. The van der Waals surface area contributed by atoms with Crippen LogP contribution in [0.25, 0.3) is 0 Å². The summed E-state index contributed by atoms with van der Waals surface area (Å²) >= 11 is 0. The van der Waals surface area contributed by atoms with Crippen LogP contribution in [0, 0.1) is 0 Å². The molecule has 0 radical (unpaired) electrons. The summed E-state index contributed by atoms with van der Waals surface area (Å²) in [6.07, 6.45) is 0. The topological polar surface area (TPSA) is 54.9 Å². The van der Waals surface area contributed by atoms with E-state index >= 15 is 0 Å². The highest BCUT2D eigenvalue weighted by atomic mass is 127. The maximum absolute atomic E-state index is 5.55. The van der Waals surface area contributed by atoms with Crippen LogP contribution in [0.3, 0.4) is 0 Å². The smallest absolute Gasteiger partial charge is 0.191 e. The summed E-state index contributed by atoms with van der Waals surface area (Å²) in [4.78, 5) is 4.24. The number of benzene rings is 2. The largest absolute Gasteiger partial charge is 0.491 e. The van der Waals surface area contributed by atoms with E-state index in [-0.39, 0.29) is 24.0 Å². The second-order valence-electron chi connectivity index (χ2n) is 5.25. The van der Waals surface area contributed by atoms with Crippen molar-refractivity contribution in [3.63, 3.8) is 0 Å². The molecule has 0 heterocycles. The van der Waals surface area contributed by atoms with Crippen molar-refractivity contribution in [2.75, 3.05) is 27.4 Å². The molecule has 0 saturated heterocycles. The summed E-state index contributed by atoms with van der Waals surface area (Å²) in [6, 6.07) is 18.3. The highest BCUT2D eigenvalue weighted by Gasteiger charge is 2.00. The molecule has 5 nitrogen and oxygen atoms in total. The first kappa shape index (κ1) is 21.2. The average Bonchev–Trinajstić information content (AvgIpc) is 2.64. The van der Waals surface area contributed by atoms with Crippen LogP contribution in [-0.4, -0.2) is 33.3 Å². The minimum atomic E-state index is 0. The van der Waals surface area contributed by atoms with Crippen molar-refractivity contribution in [2.24, 2.45) is 4.99 Å². The molecule has 0 aliphatic heterocycles. The Labute approximate surface area is 166 Å². The quantitative estimate of drug-likeness (QED) is 0.278. The maximum Gasteiger partial charge on any atom is 0.191 e. The molecule has 2 aromatic rings. The number of guanidine groups is 1. The van der Waals surface area contributed by atoms with E-state index in [9.17, 15) is 0 Å². The third kappa shape index (κ3) is 8.22. The van der Waals surface area contributed by atoms with E-state index in [2.05, 4.69) is 27.8 Å². The number of halogens is 1. The Kier molecular flexibility index (Phi) is 10.7. The Bertz CT molecular complexity index is 618. The molecule has 0 fully saturated rings. The SMILES string of the molecule is CN=C(NCc1ccccc1)NCc1ccc(OCCOC)cc1.I. The van der Waals surface area contributed by atoms with Crippen molar-refractivity contribution in [2.45, 2.75) is 13.1 Å². The Balaban J connectivity index is 0.00000312. The number of hydrogen-bond acceptors (Lipinski definition) is 3. The molecular formula is C19H26IN3O2. The standard InChI is InChI=1S/C19H25N3O2.HI/c1-20-19(21-14-16-6-4-3-5-7-16)22-15-17-8-10-18(11-9-17)24-13-12-23-2;/h3-11H,12-15H2,1-2H3,(H2,20,21,22);1H. The zero-order chi connectivity index (χ0) is 17.0. The van der Waals surface area contributed by atoms with E-state index in [0.717, 1.165) is 23.8 Å². The molecule has 0 atom stereocenters. The third-order valence-electron chi connectivity index (χ3n) is 3.47. The van der Waals surface area contributed by atoms with Gasteiger partial charge in [0.25, 0.3) is 0 Å². The highest BCUT2D eigenvalue weighted by Crippen LogP contribution is 2.11. The number of hydrogen-bond donors (Lipinski definition) is 2. The van der Waals surface area contributed by atoms with Gasteiger partial charge in [-0.15, -0.1) is 24.0 Å². The summed E-state index contributed by atoms with van der Waals surface area (Å²) in [6.45, 7) is 2.59. The van der Waals surface area contributed by atoms with Crippen LogP contribution >= 0.6 is 24.0 Å². The van der Waals surface area contributed by atoms with E-state index in [1.54, 1.807) is 14.2 Å². The number of ether oxygens (including phenoxy) is 2. The van der Waals surface area contributed by atoms with Crippen LogP contribution < -0.4 is 15.4 Å². The normalized spacial score (nSPS) is 10.7. The van der Waals surface area contributed by atoms with Crippen LogP contribution in [-0.2, 0) is 17.8 Å². The van der Waals surface area contributed by atoms with Crippen molar-refractivity contribution in [3.05, 3.63) is 65.7 Å². The molecule has 2 rings (SSSR count). The zero-order valence-electron chi connectivity index (χ0n) is 14.7. The lowest BCUT2D eigenvalue weighted by atomic mass is 10.2. The van der Waals surface area contributed by atoms with Gasteiger partial charge < -0.3 is 20.1 Å². The van der Waals surface area contributed by atoms with Crippen LogP contribution in [0.4, 0.5) is 0 Å². The van der Waals surface area contributed by atoms with Gasteiger partial charge in [-0.3, -0.25) is 4.99 Å². The molecule has 0 saturated carbocycles. The first-order valence-electron chi connectivity index (χ1n) is 8.01. The fourth-order valence-electron chi connectivity index (χ4n) is 2.13. The second kappa shape index (κ2) is 12.5. The molecular weight excluding hydrogens is 429 g/mol. The van der Waals surface area contributed by atoms with E-state index in [4.69, 9.17) is 9.47 Å². The van der Waals surface area contributed by atoms with Crippen molar-refractivity contribution in [1.29, 1.82) is 0 Å². The molecule has 0 amide bonds. The Hall–Kier alpha value is -1.80. The summed E-state index contributed by atoms with van der Waals surface area (Å²) in [5.41, 5.74) is 2.38. The summed E-state index contributed by atoms with van der Waals surface area (Å²) in [5, 5.41) is 6.61. The highest BCUT2D eigenvalue weighted by molar-refractivity contribution is 14.0. The van der Waals surface area contributed by atoms with E-state index in [0.29, 0.717) is 19.8 Å². The van der Waals surface area contributed by atoms with Gasteiger partial charge in [0.1, 0.15) is 12.4 Å². The van der Waals surface area contributed by atoms with Crippen molar-refractivity contribution >= 4 is 29.9 Å². The number of nitrogens with zero attached hydrogens (tertiary/aromatic N) is 1. The number of rotatable bonds is 8. The Morgan fingerprint density at radius 2 is 1.48 bits per heavy atom. The number of methoxy groups -OCH3 is 1.